The van der Waals surface area contributed by atoms with Crippen molar-refractivity contribution in [3.8, 4) is 6.07 Å². The molecule has 1 aliphatic heterocycles. The van der Waals surface area contributed by atoms with Gasteiger partial charge in [-0.3, -0.25) is 14.9 Å². The summed E-state index contributed by atoms with van der Waals surface area (Å²) < 4.78 is 0.937. The average Bonchev–Trinajstić information content (AvgIpc) is 2.94. The molecule has 2 amide bonds. The monoisotopic (exact) mass is 346 g/mol. The van der Waals surface area contributed by atoms with E-state index in [9.17, 15) is 14.9 Å². The summed E-state index contributed by atoms with van der Waals surface area (Å²) in [4.78, 5) is 24.6. The predicted molar refractivity (Wildman–Crippen MR) is 80.0 cm³/mol. The number of halogens is 1. The van der Waals surface area contributed by atoms with Gasteiger partial charge in [0.1, 0.15) is 5.92 Å². The van der Waals surface area contributed by atoms with Gasteiger partial charge in [0.25, 0.3) is 0 Å². The number of nitrogens with one attached hydrogen (secondary N) is 1. The highest BCUT2D eigenvalue weighted by molar-refractivity contribution is 9.10. The largest absolute Gasteiger partial charge is 0.295 e. The van der Waals surface area contributed by atoms with Crippen LogP contribution in [0.15, 0.2) is 28.7 Å². The van der Waals surface area contributed by atoms with E-state index in [1.54, 1.807) is 0 Å². The topological polar surface area (TPSA) is 70.0 Å². The molecule has 2 aliphatic rings. The van der Waals surface area contributed by atoms with E-state index in [-0.39, 0.29) is 11.8 Å². The van der Waals surface area contributed by atoms with Crippen molar-refractivity contribution in [2.24, 2.45) is 11.3 Å². The third-order valence-electron chi connectivity index (χ3n) is 4.76. The highest BCUT2D eigenvalue weighted by Gasteiger charge is 2.56. The molecule has 21 heavy (non-hydrogen) atoms. The van der Waals surface area contributed by atoms with Crippen LogP contribution < -0.4 is 5.32 Å². The molecule has 0 bridgehead atoms. The summed E-state index contributed by atoms with van der Waals surface area (Å²) in [5.74, 6) is -1.82. The van der Waals surface area contributed by atoms with Crippen molar-refractivity contribution in [1.82, 2.24) is 5.32 Å². The van der Waals surface area contributed by atoms with Crippen LogP contribution in [0.25, 0.3) is 0 Å². The van der Waals surface area contributed by atoms with Gasteiger partial charge in [-0.05, 0) is 30.5 Å². The first-order valence-corrected chi connectivity index (χ1v) is 7.88. The third-order valence-corrected chi connectivity index (χ3v) is 5.29. The smallest absolute Gasteiger partial charge is 0.244 e. The minimum Gasteiger partial charge on any atom is -0.295 e. The number of hydrogen-bond donors (Lipinski definition) is 1. The molecular weight excluding hydrogens is 332 g/mol. The van der Waals surface area contributed by atoms with Gasteiger partial charge in [0.15, 0.2) is 0 Å². The van der Waals surface area contributed by atoms with Crippen molar-refractivity contribution in [1.29, 1.82) is 5.26 Å². The quantitative estimate of drug-likeness (QED) is 0.794. The van der Waals surface area contributed by atoms with Crippen LogP contribution in [0.4, 0.5) is 0 Å². The lowest BCUT2D eigenvalue weighted by Gasteiger charge is -2.42. The summed E-state index contributed by atoms with van der Waals surface area (Å²) >= 11 is 3.39. The Kier molecular flexibility index (Phi) is 3.58. The lowest BCUT2D eigenvalue weighted by Crippen LogP contribution is -2.56. The van der Waals surface area contributed by atoms with Crippen molar-refractivity contribution in [2.75, 3.05) is 0 Å². The highest BCUT2D eigenvalue weighted by Crippen LogP contribution is 2.54. The van der Waals surface area contributed by atoms with Gasteiger partial charge in [-0.25, -0.2) is 0 Å². The lowest BCUT2D eigenvalue weighted by molar-refractivity contribution is -0.145. The maximum Gasteiger partial charge on any atom is 0.244 e. The van der Waals surface area contributed by atoms with E-state index in [4.69, 9.17) is 0 Å². The molecule has 0 aromatic heterocycles. The fourth-order valence-electron chi connectivity index (χ4n) is 3.78. The van der Waals surface area contributed by atoms with Crippen LogP contribution in [0.3, 0.4) is 0 Å². The third kappa shape index (κ3) is 2.18. The Morgan fingerprint density at radius 2 is 1.81 bits per heavy atom. The first-order chi connectivity index (χ1) is 10.1. The molecule has 1 aliphatic carbocycles. The molecule has 0 radical (unpaired) electrons. The van der Waals surface area contributed by atoms with E-state index in [1.807, 2.05) is 24.3 Å². The number of amides is 2. The van der Waals surface area contributed by atoms with Gasteiger partial charge in [0.05, 0.1) is 11.5 Å². The van der Waals surface area contributed by atoms with Crippen LogP contribution in [0.5, 0.6) is 0 Å². The summed E-state index contributed by atoms with van der Waals surface area (Å²) in [5.41, 5.74) is 0.289. The second-order valence-electron chi connectivity index (χ2n) is 5.82. The molecule has 1 spiro atoms. The fraction of sp³-hybridized carbons (Fsp3) is 0.438. The van der Waals surface area contributed by atoms with Gasteiger partial charge in [-0.15, -0.1) is 0 Å². The Hall–Kier alpha value is -1.67. The molecule has 3 rings (SSSR count). The van der Waals surface area contributed by atoms with E-state index >= 15 is 0 Å². The van der Waals surface area contributed by atoms with Crippen LogP contribution in [-0.4, -0.2) is 11.8 Å². The Labute approximate surface area is 131 Å². The van der Waals surface area contributed by atoms with E-state index in [0.717, 1.165) is 35.7 Å². The molecule has 4 nitrogen and oxygen atoms in total. The number of carbonyl (C=O) groups is 2. The number of carbonyl (C=O) groups excluding carboxylic acids is 2. The minimum atomic E-state index is -0.804. The van der Waals surface area contributed by atoms with Crippen LogP contribution in [0.2, 0.25) is 0 Å². The number of nitrogens with zero attached hydrogens (tertiary/aromatic N) is 1. The van der Waals surface area contributed by atoms with Crippen molar-refractivity contribution in [3.05, 3.63) is 34.3 Å². The maximum absolute atomic E-state index is 12.5. The van der Waals surface area contributed by atoms with Crippen molar-refractivity contribution in [2.45, 2.75) is 31.6 Å². The number of nitriles is 1. The number of imide groups is 1. The molecule has 1 aromatic rings. The van der Waals surface area contributed by atoms with Gasteiger partial charge in [0.2, 0.25) is 11.8 Å². The van der Waals surface area contributed by atoms with E-state index in [0.29, 0.717) is 0 Å². The number of rotatable bonds is 1. The zero-order valence-electron chi connectivity index (χ0n) is 11.4. The Balaban J connectivity index is 2.13. The van der Waals surface area contributed by atoms with Gasteiger partial charge in [-0.1, -0.05) is 40.9 Å². The molecule has 2 unspecified atom stereocenters. The average molecular weight is 347 g/mol. The van der Waals surface area contributed by atoms with Gasteiger partial charge in [0, 0.05) is 10.4 Å². The van der Waals surface area contributed by atoms with Gasteiger partial charge >= 0.3 is 0 Å². The molecule has 1 N–H and O–H groups in total. The lowest BCUT2D eigenvalue weighted by atomic mass is 9.62. The zero-order valence-corrected chi connectivity index (χ0v) is 13.0. The first kappa shape index (κ1) is 14.3. The summed E-state index contributed by atoms with van der Waals surface area (Å²) in [6.07, 6.45) is 3.41. The standard InChI is InChI=1S/C16H15BrN2O2/c17-11-5-3-10(4-6-11)13-12(9-18)14(20)19-15(21)16(13)7-1-2-8-16/h3-6,12-13H,1-2,7-8H2,(H,19,20,21). The van der Waals surface area contributed by atoms with Crippen molar-refractivity contribution in [3.63, 3.8) is 0 Å². The summed E-state index contributed by atoms with van der Waals surface area (Å²) in [6, 6.07) is 9.71. The number of hydrogen-bond acceptors (Lipinski definition) is 3. The van der Waals surface area contributed by atoms with Crippen LogP contribution in [-0.2, 0) is 9.59 Å². The van der Waals surface area contributed by atoms with Gasteiger partial charge < -0.3 is 0 Å². The normalized spacial score (nSPS) is 27.4. The molecule has 108 valence electrons. The van der Waals surface area contributed by atoms with E-state index in [1.165, 1.54) is 0 Å². The zero-order chi connectivity index (χ0) is 15.0. The second-order valence-corrected chi connectivity index (χ2v) is 6.73. The first-order valence-electron chi connectivity index (χ1n) is 7.09. The molecule has 5 heteroatoms. The maximum atomic E-state index is 12.5. The summed E-state index contributed by atoms with van der Waals surface area (Å²) in [5, 5.41) is 11.9. The SMILES string of the molecule is N#CC1C(=O)NC(=O)C2(CCCC2)C1c1ccc(Br)cc1. The molecular formula is C16H15BrN2O2. The fourth-order valence-corrected chi connectivity index (χ4v) is 4.05. The molecule has 2 atom stereocenters. The summed E-state index contributed by atoms with van der Waals surface area (Å²) in [6.45, 7) is 0. The second kappa shape index (κ2) is 5.27. The Bertz CT molecular complexity index is 627. The predicted octanol–water partition coefficient (Wildman–Crippen LogP) is 2.89. The highest BCUT2D eigenvalue weighted by atomic mass is 79.9. The number of benzene rings is 1. The van der Waals surface area contributed by atoms with Crippen molar-refractivity contribution >= 4 is 27.7 Å². The van der Waals surface area contributed by atoms with Crippen LogP contribution in [0, 0.1) is 22.7 Å². The van der Waals surface area contributed by atoms with Crippen LogP contribution in [0.1, 0.15) is 37.2 Å². The minimum absolute atomic E-state index is 0.204. The molecule has 1 aromatic carbocycles. The van der Waals surface area contributed by atoms with Crippen LogP contribution >= 0.6 is 15.9 Å². The van der Waals surface area contributed by atoms with Crippen molar-refractivity contribution < 1.29 is 9.59 Å². The van der Waals surface area contributed by atoms with E-state index in [2.05, 4.69) is 27.3 Å². The Morgan fingerprint density at radius 3 is 2.38 bits per heavy atom. The van der Waals surface area contributed by atoms with Gasteiger partial charge in [-0.2, -0.15) is 5.26 Å². The molecule has 1 saturated heterocycles. The number of piperidine rings is 1. The summed E-state index contributed by atoms with van der Waals surface area (Å²) in [7, 11) is 0. The molecule has 2 fully saturated rings. The van der Waals surface area contributed by atoms with E-state index < -0.39 is 17.2 Å². The molecule has 1 heterocycles. The molecule has 1 saturated carbocycles. The Morgan fingerprint density at radius 1 is 1.19 bits per heavy atom.